The maximum Gasteiger partial charge on any atom is 0.266 e. The minimum Gasteiger partial charge on any atom is -0.345 e. The molecule has 7 heteroatoms. The number of Topliss-reactive ketones (excluding diaryl/α,β-unsaturated/α-hetero) is 1. The molecule has 4 aliphatic rings. The van der Waals surface area contributed by atoms with Gasteiger partial charge in [0.25, 0.3) is 10.1 Å². The number of fused-ring (bicyclic) bond motifs is 5. The fraction of sp³-hybridized carbons (Fsp3) is 0.926. The van der Waals surface area contributed by atoms with Crippen LogP contribution in [0, 0.1) is 46.3 Å². The fourth-order valence-corrected chi connectivity index (χ4v) is 9.65. The first-order valence-electron chi connectivity index (χ1n) is 13.6. The molecular formula is C27H45NO5S. The Balaban J connectivity index is 1.37. The zero-order chi connectivity index (χ0) is 24.9. The third-order valence-electron chi connectivity index (χ3n) is 11.2. The van der Waals surface area contributed by atoms with Crippen LogP contribution in [0.4, 0.5) is 0 Å². The molecule has 6 nitrogen and oxygen atoms in total. The van der Waals surface area contributed by atoms with E-state index in [1.807, 2.05) is 0 Å². The van der Waals surface area contributed by atoms with E-state index < -0.39 is 15.9 Å². The van der Waals surface area contributed by atoms with Crippen LogP contribution in [0.15, 0.2) is 0 Å². The molecule has 8 unspecified atom stereocenters. The van der Waals surface area contributed by atoms with Gasteiger partial charge in [-0.05, 0) is 97.7 Å². The van der Waals surface area contributed by atoms with E-state index in [9.17, 15) is 18.0 Å². The lowest BCUT2D eigenvalue weighted by Crippen LogP contribution is -2.53. The number of ketones is 1. The molecule has 34 heavy (non-hydrogen) atoms. The second-order valence-corrected chi connectivity index (χ2v) is 14.3. The van der Waals surface area contributed by atoms with Gasteiger partial charge in [-0.1, -0.05) is 20.8 Å². The summed E-state index contributed by atoms with van der Waals surface area (Å²) >= 11 is 0. The summed E-state index contributed by atoms with van der Waals surface area (Å²) in [7, 11) is -2.44. The molecule has 0 bridgehead atoms. The molecule has 4 fully saturated rings. The van der Waals surface area contributed by atoms with Gasteiger partial charge < -0.3 is 4.90 Å². The predicted octanol–water partition coefficient (Wildman–Crippen LogP) is 4.98. The first-order valence-corrected chi connectivity index (χ1v) is 15.2. The molecule has 0 spiro atoms. The molecular weight excluding hydrogens is 450 g/mol. The summed E-state index contributed by atoms with van der Waals surface area (Å²) in [4.78, 5) is 26.1. The minimum atomic E-state index is -4.05. The van der Waals surface area contributed by atoms with Crippen LogP contribution in [0.25, 0.3) is 0 Å². The van der Waals surface area contributed by atoms with Gasteiger partial charge in [-0.3, -0.25) is 14.1 Å². The third kappa shape index (κ3) is 4.85. The summed E-state index contributed by atoms with van der Waals surface area (Å²) in [5.74, 6) is 4.04. The van der Waals surface area contributed by atoms with Crippen LogP contribution < -0.4 is 0 Å². The lowest BCUT2D eigenvalue weighted by Gasteiger charge is -2.60. The van der Waals surface area contributed by atoms with Gasteiger partial charge >= 0.3 is 0 Å². The summed E-state index contributed by atoms with van der Waals surface area (Å²) in [6, 6.07) is 0. The van der Waals surface area contributed by atoms with Crippen molar-refractivity contribution in [1.29, 1.82) is 0 Å². The average Bonchev–Trinajstić information content (AvgIpc) is 3.12. The van der Waals surface area contributed by atoms with Gasteiger partial charge in [-0.2, -0.15) is 8.42 Å². The van der Waals surface area contributed by atoms with Gasteiger partial charge in [0, 0.05) is 32.9 Å². The van der Waals surface area contributed by atoms with Gasteiger partial charge in [0.2, 0.25) is 5.91 Å². The highest BCUT2D eigenvalue weighted by atomic mass is 32.2. The van der Waals surface area contributed by atoms with Crippen molar-refractivity contribution in [2.75, 3.05) is 19.3 Å². The van der Waals surface area contributed by atoms with Crippen LogP contribution in [-0.4, -0.2) is 48.9 Å². The molecule has 0 saturated heterocycles. The predicted molar refractivity (Wildman–Crippen MR) is 133 cm³/mol. The van der Waals surface area contributed by atoms with Crippen molar-refractivity contribution in [3.05, 3.63) is 0 Å². The number of rotatable bonds is 7. The summed E-state index contributed by atoms with van der Waals surface area (Å²) < 4.78 is 30.9. The Morgan fingerprint density at radius 1 is 1.09 bits per heavy atom. The molecule has 4 aliphatic carbocycles. The summed E-state index contributed by atoms with van der Waals surface area (Å²) in [6.45, 7) is 7.37. The monoisotopic (exact) mass is 495 g/mol. The number of nitrogens with zero attached hydrogens (tertiary/aromatic N) is 1. The van der Waals surface area contributed by atoms with Crippen molar-refractivity contribution in [1.82, 2.24) is 4.90 Å². The SMILES string of the molecule is CC(CCC(=O)N(C)CCS(=O)(=O)O)C1CCC2C3CCC4CC(=O)CCC4(C)C3CCC12C. The smallest absolute Gasteiger partial charge is 0.266 e. The molecule has 0 aromatic rings. The van der Waals surface area contributed by atoms with Gasteiger partial charge in [-0.25, -0.2) is 0 Å². The quantitative estimate of drug-likeness (QED) is 0.503. The Hall–Kier alpha value is -0.950. The van der Waals surface area contributed by atoms with E-state index in [0.29, 0.717) is 40.8 Å². The van der Waals surface area contributed by atoms with Crippen LogP contribution in [0.3, 0.4) is 0 Å². The molecule has 1 N–H and O–H groups in total. The van der Waals surface area contributed by atoms with Gasteiger partial charge in [-0.15, -0.1) is 0 Å². The van der Waals surface area contributed by atoms with Crippen LogP contribution in [0.1, 0.15) is 91.4 Å². The van der Waals surface area contributed by atoms with Crippen LogP contribution in [-0.2, 0) is 19.7 Å². The number of hydrogen-bond acceptors (Lipinski definition) is 4. The Bertz CT molecular complexity index is 903. The fourth-order valence-electron chi connectivity index (χ4n) is 9.14. The average molecular weight is 496 g/mol. The highest BCUT2D eigenvalue weighted by Gasteiger charge is 2.60. The molecule has 0 aromatic carbocycles. The van der Waals surface area contributed by atoms with Gasteiger partial charge in [0.15, 0.2) is 0 Å². The molecule has 194 valence electrons. The van der Waals surface area contributed by atoms with Crippen molar-refractivity contribution >= 4 is 21.8 Å². The normalized spacial score (nSPS) is 40.7. The number of amides is 1. The second-order valence-electron chi connectivity index (χ2n) is 12.7. The van der Waals surface area contributed by atoms with Crippen molar-refractivity contribution < 1.29 is 22.6 Å². The third-order valence-corrected chi connectivity index (χ3v) is 11.9. The zero-order valence-electron chi connectivity index (χ0n) is 21.6. The molecule has 4 rings (SSSR count). The summed E-state index contributed by atoms with van der Waals surface area (Å²) in [6.07, 6.45) is 11.6. The standard InChI is InChI=1S/C27H45NO5S/c1-18(5-10-25(30)28(4)15-16-34(31,32)33)22-8-9-23-21-7-6-19-17-20(29)11-13-26(19,2)24(21)12-14-27(22,23)3/h18-19,21-24H,5-17H2,1-4H3,(H,31,32,33). The molecule has 0 radical (unpaired) electrons. The minimum absolute atomic E-state index is 0.0314. The number of carbonyl (C=O) groups excluding carboxylic acids is 2. The molecule has 4 saturated carbocycles. The van der Waals surface area contributed by atoms with Crippen molar-refractivity contribution in [2.45, 2.75) is 91.4 Å². The largest absolute Gasteiger partial charge is 0.345 e. The second kappa shape index (κ2) is 9.49. The topological polar surface area (TPSA) is 91.8 Å². The van der Waals surface area contributed by atoms with E-state index in [1.54, 1.807) is 7.05 Å². The van der Waals surface area contributed by atoms with Crippen LogP contribution in [0.2, 0.25) is 0 Å². The van der Waals surface area contributed by atoms with E-state index in [4.69, 9.17) is 4.55 Å². The lowest BCUT2D eigenvalue weighted by atomic mass is 9.44. The van der Waals surface area contributed by atoms with E-state index in [0.717, 1.165) is 43.4 Å². The Morgan fingerprint density at radius 2 is 1.79 bits per heavy atom. The van der Waals surface area contributed by atoms with Gasteiger partial charge in [0.1, 0.15) is 5.78 Å². The molecule has 0 aliphatic heterocycles. The molecule has 8 atom stereocenters. The first kappa shape index (κ1) is 26.1. The van der Waals surface area contributed by atoms with Crippen molar-refractivity contribution in [3.8, 4) is 0 Å². The maximum absolute atomic E-state index is 12.5. The van der Waals surface area contributed by atoms with E-state index in [1.165, 1.54) is 43.4 Å². The number of carbonyl (C=O) groups is 2. The van der Waals surface area contributed by atoms with E-state index >= 15 is 0 Å². The Labute approximate surface area is 206 Å². The highest BCUT2D eigenvalue weighted by molar-refractivity contribution is 7.85. The van der Waals surface area contributed by atoms with Crippen molar-refractivity contribution in [3.63, 3.8) is 0 Å². The zero-order valence-corrected chi connectivity index (χ0v) is 22.4. The first-order chi connectivity index (χ1) is 15.8. The maximum atomic E-state index is 12.5. The summed E-state index contributed by atoms with van der Waals surface area (Å²) in [5.41, 5.74) is 0.690. The Kier molecular flexibility index (Phi) is 7.29. The summed E-state index contributed by atoms with van der Waals surface area (Å²) in [5, 5.41) is 0. The van der Waals surface area contributed by atoms with Gasteiger partial charge in [0.05, 0.1) is 5.75 Å². The van der Waals surface area contributed by atoms with Crippen LogP contribution >= 0.6 is 0 Å². The van der Waals surface area contributed by atoms with Crippen molar-refractivity contribution in [2.24, 2.45) is 46.3 Å². The molecule has 0 aromatic heterocycles. The van der Waals surface area contributed by atoms with Crippen LogP contribution in [0.5, 0.6) is 0 Å². The molecule has 1 amide bonds. The van der Waals surface area contributed by atoms with E-state index in [-0.39, 0.29) is 12.5 Å². The molecule has 0 heterocycles. The number of hydrogen-bond donors (Lipinski definition) is 1. The lowest BCUT2D eigenvalue weighted by molar-refractivity contribution is -0.140. The highest BCUT2D eigenvalue weighted by Crippen LogP contribution is 2.68. The van der Waals surface area contributed by atoms with E-state index in [2.05, 4.69) is 20.8 Å². The Morgan fingerprint density at radius 3 is 2.50 bits per heavy atom.